The first-order valence-corrected chi connectivity index (χ1v) is 6.77. The minimum absolute atomic E-state index is 0.253. The van der Waals surface area contributed by atoms with Crippen molar-refractivity contribution in [3.05, 3.63) is 59.7 Å². The summed E-state index contributed by atoms with van der Waals surface area (Å²) in [5, 5.41) is 2.59. The third kappa shape index (κ3) is 4.09. The Kier molecular flexibility index (Phi) is 5.14. The molecule has 1 amide bonds. The molecule has 0 spiro atoms. The van der Waals surface area contributed by atoms with Gasteiger partial charge in [-0.15, -0.1) is 0 Å². The van der Waals surface area contributed by atoms with Crippen LogP contribution in [0.1, 0.15) is 22.8 Å². The van der Waals surface area contributed by atoms with E-state index >= 15 is 0 Å². The predicted octanol–water partition coefficient (Wildman–Crippen LogP) is 3.01. The van der Waals surface area contributed by atoms with E-state index in [-0.39, 0.29) is 11.5 Å². The highest BCUT2D eigenvalue weighted by Gasteiger charge is 2.14. The van der Waals surface area contributed by atoms with Gasteiger partial charge in [0.1, 0.15) is 12.4 Å². The average Bonchev–Trinajstić information content (AvgIpc) is 2.53. The topological polar surface area (TPSA) is 64.6 Å². The Hall–Kier alpha value is -2.82. The van der Waals surface area contributed by atoms with Crippen LogP contribution in [0.2, 0.25) is 0 Å². The lowest BCUT2D eigenvalue weighted by atomic mass is 10.1. The van der Waals surface area contributed by atoms with Gasteiger partial charge in [0.25, 0.3) is 0 Å². The molecule has 0 aliphatic carbocycles. The summed E-state index contributed by atoms with van der Waals surface area (Å²) in [6, 6.07) is 14.6. The normalized spacial score (nSPS) is 9.91. The van der Waals surface area contributed by atoms with Gasteiger partial charge in [-0.05, 0) is 23.8 Å². The SMILES string of the molecule is COC(=O)c1cc(OCc2ccccc2)ccc1NC(C)=O. The highest BCUT2D eigenvalue weighted by Crippen LogP contribution is 2.24. The molecule has 2 aromatic rings. The Morgan fingerprint density at radius 1 is 1.09 bits per heavy atom. The van der Waals surface area contributed by atoms with Gasteiger partial charge in [0.2, 0.25) is 5.91 Å². The molecule has 2 rings (SSSR count). The minimum atomic E-state index is -0.533. The summed E-state index contributed by atoms with van der Waals surface area (Å²) in [4.78, 5) is 23.0. The van der Waals surface area contributed by atoms with Crippen molar-refractivity contribution in [1.29, 1.82) is 0 Å². The molecule has 5 heteroatoms. The Bertz CT molecular complexity index is 668. The highest BCUT2D eigenvalue weighted by molar-refractivity contribution is 6.01. The van der Waals surface area contributed by atoms with E-state index in [2.05, 4.69) is 5.32 Å². The van der Waals surface area contributed by atoms with E-state index < -0.39 is 5.97 Å². The number of ether oxygens (including phenoxy) is 2. The second-order valence-electron chi connectivity index (χ2n) is 4.65. The number of rotatable bonds is 5. The van der Waals surface area contributed by atoms with Gasteiger partial charge in [0.15, 0.2) is 0 Å². The Morgan fingerprint density at radius 3 is 2.45 bits per heavy atom. The molecule has 0 fully saturated rings. The van der Waals surface area contributed by atoms with E-state index in [0.29, 0.717) is 18.0 Å². The molecule has 2 aromatic carbocycles. The molecule has 1 N–H and O–H groups in total. The van der Waals surface area contributed by atoms with Crippen molar-refractivity contribution in [2.75, 3.05) is 12.4 Å². The van der Waals surface area contributed by atoms with Gasteiger partial charge in [-0.3, -0.25) is 4.79 Å². The maximum atomic E-state index is 11.8. The molecular formula is C17H17NO4. The van der Waals surface area contributed by atoms with Crippen molar-refractivity contribution >= 4 is 17.6 Å². The van der Waals surface area contributed by atoms with Gasteiger partial charge in [-0.2, -0.15) is 0 Å². The molecule has 0 saturated heterocycles. The number of amides is 1. The van der Waals surface area contributed by atoms with Crippen LogP contribution in [0.4, 0.5) is 5.69 Å². The fourth-order valence-corrected chi connectivity index (χ4v) is 1.93. The van der Waals surface area contributed by atoms with E-state index in [4.69, 9.17) is 9.47 Å². The molecule has 0 atom stereocenters. The number of hydrogen-bond donors (Lipinski definition) is 1. The predicted molar refractivity (Wildman–Crippen MR) is 82.9 cm³/mol. The lowest BCUT2D eigenvalue weighted by molar-refractivity contribution is -0.114. The van der Waals surface area contributed by atoms with Crippen LogP contribution < -0.4 is 10.1 Å². The van der Waals surface area contributed by atoms with E-state index in [1.807, 2.05) is 30.3 Å². The number of benzene rings is 2. The fraction of sp³-hybridized carbons (Fsp3) is 0.176. The minimum Gasteiger partial charge on any atom is -0.489 e. The first-order chi connectivity index (χ1) is 10.6. The molecule has 5 nitrogen and oxygen atoms in total. The lowest BCUT2D eigenvalue weighted by Crippen LogP contribution is -2.12. The Balaban J connectivity index is 2.19. The molecule has 0 aliphatic rings. The molecule has 0 radical (unpaired) electrons. The zero-order chi connectivity index (χ0) is 15.9. The third-order valence-electron chi connectivity index (χ3n) is 2.96. The number of carbonyl (C=O) groups is 2. The van der Waals surface area contributed by atoms with E-state index in [1.165, 1.54) is 14.0 Å². The van der Waals surface area contributed by atoms with Gasteiger partial charge in [-0.25, -0.2) is 4.79 Å². The van der Waals surface area contributed by atoms with Crippen molar-refractivity contribution in [1.82, 2.24) is 0 Å². The largest absolute Gasteiger partial charge is 0.489 e. The number of anilines is 1. The molecular weight excluding hydrogens is 282 g/mol. The summed E-state index contributed by atoms with van der Waals surface area (Å²) in [5.74, 6) is -0.268. The molecule has 0 bridgehead atoms. The number of hydrogen-bond acceptors (Lipinski definition) is 4. The maximum Gasteiger partial charge on any atom is 0.340 e. The number of nitrogens with one attached hydrogen (secondary N) is 1. The Labute approximate surface area is 128 Å². The fourth-order valence-electron chi connectivity index (χ4n) is 1.93. The van der Waals surface area contributed by atoms with Crippen LogP contribution in [0.15, 0.2) is 48.5 Å². The van der Waals surface area contributed by atoms with Crippen molar-refractivity contribution in [2.24, 2.45) is 0 Å². The molecule has 0 heterocycles. The van der Waals surface area contributed by atoms with E-state index in [1.54, 1.807) is 18.2 Å². The van der Waals surface area contributed by atoms with Crippen LogP contribution in [0.25, 0.3) is 0 Å². The van der Waals surface area contributed by atoms with Crippen LogP contribution in [-0.4, -0.2) is 19.0 Å². The molecule has 0 unspecified atom stereocenters. The number of carbonyl (C=O) groups excluding carboxylic acids is 2. The summed E-state index contributed by atoms with van der Waals surface area (Å²) in [6.45, 7) is 1.77. The van der Waals surface area contributed by atoms with Crippen LogP contribution in [0, 0.1) is 0 Å². The van der Waals surface area contributed by atoms with Crippen molar-refractivity contribution in [3.63, 3.8) is 0 Å². The summed E-state index contributed by atoms with van der Waals surface area (Å²) in [6.07, 6.45) is 0. The second-order valence-corrected chi connectivity index (χ2v) is 4.65. The van der Waals surface area contributed by atoms with Crippen LogP contribution >= 0.6 is 0 Å². The Morgan fingerprint density at radius 2 is 1.82 bits per heavy atom. The van der Waals surface area contributed by atoms with Gasteiger partial charge in [0, 0.05) is 6.92 Å². The standard InChI is InChI=1S/C17H17NO4/c1-12(19)18-16-9-8-14(10-15(16)17(20)21-2)22-11-13-6-4-3-5-7-13/h3-10H,11H2,1-2H3,(H,18,19). The monoisotopic (exact) mass is 299 g/mol. The summed E-state index contributed by atoms with van der Waals surface area (Å²) in [7, 11) is 1.29. The third-order valence-corrected chi connectivity index (χ3v) is 2.96. The second kappa shape index (κ2) is 7.26. The van der Waals surface area contributed by atoms with Crippen LogP contribution in [0.5, 0.6) is 5.75 Å². The van der Waals surface area contributed by atoms with Crippen LogP contribution in [-0.2, 0) is 16.1 Å². The number of esters is 1. The maximum absolute atomic E-state index is 11.8. The first-order valence-electron chi connectivity index (χ1n) is 6.77. The highest BCUT2D eigenvalue weighted by atomic mass is 16.5. The molecule has 0 aliphatic heterocycles. The smallest absolute Gasteiger partial charge is 0.340 e. The zero-order valence-corrected chi connectivity index (χ0v) is 12.5. The van der Waals surface area contributed by atoms with Crippen molar-refractivity contribution in [3.8, 4) is 5.75 Å². The molecule has 114 valence electrons. The summed E-state index contributed by atoms with van der Waals surface area (Å²) < 4.78 is 10.4. The zero-order valence-electron chi connectivity index (χ0n) is 12.5. The summed E-state index contributed by atoms with van der Waals surface area (Å²) >= 11 is 0. The molecule has 0 aromatic heterocycles. The van der Waals surface area contributed by atoms with E-state index in [0.717, 1.165) is 5.56 Å². The van der Waals surface area contributed by atoms with Crippen LogP contribution in [0.3, 0.4) is 0 Å². The number of methoxy groups -OCH3 is 1. The average molecular weight is 299 g/mol. The van der Waals surface area contributed by atoms with Gasteiger partial charge in [-0.1, -0.05) is 30.3 Å². The van der Waals surface area contributed by atoms with Gasteiger partial charge >= 0.3 is 5.97 Å². The van der Waals surface area contributed by atoms with Crippen molar-refractivity contribution in [2.45, 2.75) is 13.5 Å². The van der Waals surface area contributed by atoms with Gasteiger partial charge < -0.3 is 14.8 Å². The van der Waals surface area contributed by atoms with E-state index in [9.17, 15) is 9.59 Å². The summed E-state index contributed by atoms with van der Waals surface area (Å²) in [5.41, 5.74) is 1.67. The van der Waals surface area contributed by atoms with Crippen molar-refractivity contribution < 1.29 is 19.1 Å². The molecule has 22 heavy (non-hydrogen) atoms. The lowest BCUT2D eigenvalue weighted by Gasteiger charge is -2.12. The molecule has 0 saturated carbocycles. The quantitative estimate of drug-likeness (QED) is 0.862. The first kappa shape index (κ1) is 15.6. The van der Waals surface area contributed by atoms with Gasteiger partial charge in [0.05, 0.1) is 18.4 Å².